The summed E-state index contributed by atoms with van der Waals surface area (Å²) in [6.07, 6.45) is 2.09. The third kappa shape index (κ3) is 2.68. The topological polar surface area (TPSA) is 26.0 Å². The molecule has 0 spiro atoms. The van der Waals surface area contributed by atoms with Gasteiger partial charge in [-0.05, 0) is 42.7 Å². The standard InChI is InChI=1S/C12H16ClNS/c1-9-6-10(2-3-11(9)13)7-12(14)4-5-15-8-12/h2-3,6H,4-5,7-8,14H2,1H3. The highest BCUT2D eigenvalue weighted by molar-refractivity contribution is 7.99. The molecule has 3 heteroatoms. The number of rotatable bonds is 2. The van der Waals surface area contributed by atoms with Gasteiger partial charge in [0.15, 0.2) is 0 Å². The molecule has 1 nitrogen and oxygen atoms in total. The van der Waals surface area contributed by atoms with Gasteiger partial charge in [0, 0.05) is 16.3 Å². The quantitative estimate of drug-likeness (QED) is 0.862. The maximum Gasteiger partial charge on any atom is 0.0435 e. The fourth-order valence-electron chi connectivity index (χ4n) is 1.99. The number of hydrogen-bond acceptors (Lipinski definition) is 2. The zero-order valence-corrected chi connectivity index (χ0v) is 10.5. The van der Waals surface area contributed by atoms with Crippen LogP contribution in [0.25, 0.3) is 0 Å². The highest BCUT2D eigenvalue weighted by Gasteiger charge is 2.29. The maximum atomic E-state index is 6.33. The molecule has 1 unspecified atom stereocenters. The summed E-state index contributed by atoms with van der Waals surface area (Å²) in [5, 5.41) is 0.839. The Hall–Kier alpha value is -0.180. The molecule has 0 aliphatic carbocycles. The van der Waals surface area contributed by atoms with Crippen LogP contribution in [-0.2, 0) is 6.42 Å². The van der Waals surface area contributed by atoms with Gasteiger partial charge in [-0.3, -0.25) is 0 Å². The molecule has 1 atom stereocenters. The number of nitrogens with two attached hydrogens (primary N) is 1. The second kappa shape index (κ2) is 4.36. The third-order valence-corrected chi connectivity index (χ3v) is 4.61. The van der Waals surface area contributed by atoms with Gasteiger partial charge in [-0.25, -0.2) is 0 Å². The van der Waals surface area contributed by atoms with Gasteiger partial charge in [-0.1, -0.05) is 23.7 Å². The Morgan fingerprint density at radius 2 is 2.33 bits per heavy atom. The average molecular weight is 242 g/mol. The maximum absolute atomic E-state index is 6.33. The zero-order chi connectivity index (χ0) is 10.9. The second-order valence-corrected chi connectivity index (χ2v) is 5.94. The summed E-state index contributed by atoms with van der Waals surface area (Å²) in [5.74, 6) is 2.28. The summed E-state index contributed by atoms with van der Waals surface area (Å²) in [4.78, 5) is 0. The molecule has 2 rings (SSSR count). The average Bonchev–Trinajstić information content (AvgIpc) is 2.59. The van der Waals surface area contributed by atoms with Crippen LogP contribution in [0.2, 0.25) is 5.02 Å². The minimum atomic E-state index is 0.00490. The predicted octanol–water partition coefficient (Wildman–Crippen LogP) is 3.03. The Morgan fingerprint density at radius 3 is 2.93 bits per heavy atom. The first-order chi connectivity index (χ1) is 7.09. The molecular formula is C12H16ClNS. The zero-order valence-electron chi connectivity index (χ0n) is 8.92. The molecular weight excluding hydrogens is 226 g/mol. The molecule has 0 bridgehead atoms. The summed E-state index contributed by atoms with van der Waals surface area (Å²) >= 11 is 7.95. The van der Waals surface area contributed by atoms with Gasteiger partial charge in [0.1, 0.15) is 0 Å². The van der Waals surface area contributed by atoms with Crippen molar-refractivity contribution in [2.45, 2.75) is 25.3 Å². The van der Waals surface area contributed by atoms with E-state index in [2.05, 4.69) is 12.1 Å². The van der Waals surface area contributed by atoms with E-state index in [0.29, 0.717) is 0 Å². The predicted molar refractivity (Wildman–Crippen MR) is 68.8 cm³/mol. The lowest BCUT2D eigenvalue weighted by atomic mass is 9.91. The van der Waals surface area contributed by atoms with Crippen molar-refractivity contribution in [2.75, 3.05) is 11.5 Å². The van der Waals surface area contributed by atoms with Crippen molar-refractivity contribution >= 4 is 23.4 Å². The first-order valence-corrected chi connectivity index (χ1v) is 6.74. The molecule has 0 aromatic heterocycles. The molecule has 1 heterocycles. The van der Waals surface area contributed by atoms with E-state index in [1.807, 2.05) is 24.8 Å². The van der Waals surface area contributed by atoms with Gasteiger partial charge >= 0.3 is 0 Å². The molecule has 1 fully saturated rings. The van der Waals surface area contributed by atoms with Gasteiger partial charge < -0.3 is 5.73 Å². The van der Waals surface area contributed by atoms with Crippen LogP contribution in [0.3, 0.4) is 0 Å². The monoisotopic (exact) mass is 241 g/mol. The van der Waals surface area contributed by atoms with E-state index in [1.165, 1.54) is 11.3 Å². The van der Waals surface area contributed by atoms with Crippen molar-refractivity contribution in [3.8, 4) is 0 Å². The van der Waals surface area contributed by atoms with Gasteiger partial charge in [-0.15, -0.1) is 0 Å². The van der Waals surface area contributed by atoms with Crippen LogP contribution >= 0.6 is 23.4 Å². The molecule has 82 valence electrons. The molecule has 1 aromatic carbocycles. The van der Waals surface area contributed by atoms with Gasteiger partial charge in [0.2, 0.25) is 0 Å². The Morgan fingerprint density at radius 1 is 1.53 bits per heavy atom. The van der Waals surface area contributed by atoms with E-state index < -0.39 is 0 Å². The van der Waals surface area contributed by atoms with Gasteiger partial charge in [0.05, 0.1) is 0 Å². The highest BCUT2D eigenvalue weighted by Crippen LogP contribution is 2.29. The van der Waals surface area contributed by atoms with Crippen molar-refractivity contribution in [1.29, 1.82) is 0 Å². The van der Waals surface area contributed by atoms with Crippen molar-refractivity contribution in [2.24, 2.45) is 5.73 Å². The molecule has 0 saturated carbocycles. The lowest BCUT2D eigenvalue weighted by Crippen LogP contribution is -2.41. The Labute approximate surface area is 100 Å². The fourth-order valence-corrected chi connectivity index (χ4v) is 3.45. The van der Waals surface area contributed by atoms with E-state index in [1.54, 1.807) is 0 Å². The number of thioether (sulfide) groups is 1. The highest BCUT2D eigenvalue weighted by atomic mass is 35.5. The van der Waals surface area contributed by atoms with E-state index in [4.69, 9.17) is 17.3 Å². The SMILES string of the molecule is Cc1cc(CC2(N)CCSC2)ccc1Cl. The summed E-state index contributed by atoms with van der Waals surface area (Å²) < 4.78 is 0. The normalized spacial score (nSPS) is 25.8. The minimum absolute atomic E-state index is 0.00490. The molecule has 1 aromatic rings. The Balaban J connectivity index is 2.13. The first kappa shape index (κ1) is 11.3. The van der Waals surface area contributed by atoms with Gasteiger partial charge in [-0.2, -0.15) is 11.8 Å². The van der Waals surface area contributed by atoms with Crippen molar-refractivity contribution in [3.05, 3.63) is 34.3 Å². The van der Waals surface area contributed by atoms with E-state index in [9.17, 15) is 0 Å². The third-order valence-electron chi connectivity index (χ3n) is 2.91. The second-order valence-electron chi connectivity index (χ2n) is 4.43. The van der Waals surface area contributed by atoms with Crippen LogP contribution in [0.15, 0.2) is 18.2 Å². The minimum Gasteiger partial charge on any atom is -0.324 e. The largest absolute Gasteiger partial charge is 0.324 e. The van der Waals surface area contributed by atoms with Crippen molar-refractivity contribution in [3.63, 3.8) is 0 Å². The van der Waals surface area contributed by atoms with Crippen LogP contribution in [0.1, 0.15) is 17.5 Å². The summed E-state index contributed by atoms with van der Waals surface area (Å²) in [6, 6.07) is 6.21. The number of benzene rings is 1. The van der Waals surface area contributed by atoms with Crippen LogP contribution in [-0.4, -0.2) is 17.0 Å². The van der Waals surface area contributed by atoms with E-state index in [0.717, 1.165) is 29.2 Å². The first-order valence-electron chi connectivity index (χ1n) is 5.21. The molecule has 15 heavy (non-hydrogen) atoms. The lowest BCUT2D eigenvalue weighted by molar-refractivity contribution is 0.478. The van der Waals surface area contributed by atoms with E-state index >= 15 is 0 Å². The molecule has 0 amide bonds. The number of aryl methyl sites for hydroxylation is 1. The Bertz CT molecular complexity index is 359. The van der Waals surface area contributed by atoms with Crippen molar-refractivity contribution in [1.82, 2.24) is 0 Å². The van der Waals surface area contributed by atoms with Crippen LogP contribution in [0, 0.1) is 6.92 Å². The summed E-state index contributed by atoms with van der Waals surface area (Å²) in [6.45, 7) is 2.04. The van der Waals surface area contributed by atoms with Crippen LogP contribution in [0.5, 0.6) is 0 Å². The summed E-state index contributed by atoms with van der Waals surface area (Å²) in [5.41, 5.74) is 8.78. The van der Waals surface area contributed by atoms with Crippen molar-refractivity contribution < 1.29 is 0 Å². The molecule has 2 N–H and O–H groups in total. The molecule has 1 aliphatic heterocycles. The molecule has 1 aliphatic rings. The number of halogens is 1. The lowest BCUT2D eigenvalue weighted by Gasteiger charge is -2.22. The van der Waals surface area contributed by atoms with Crippen LogP contribution < -0.4 is 5.73 Å². The Kier molecular flexibility index (Phi) is 3.29. The molecule has 0 radical (unpaired) electrons. The van der Waals surface area contributed by atoms with Gasteiger partial charge in [0.25, 0.3) is 0 Å². The van der Waals surface area contributed by atoms with Crippen LogP contribution in [0.4, 0.5) is 0 Å². The smallest absolute Gasteiger partial charge is 0.0435 e. The summed E-state index contributed by atoms with van der Waals surface area (Å²) in [7, 11) is 0. The van der Waals surface area contributed by atoms with E-state index in [-0.39, 0.29) is 5.54 Å². The number of hydrogen-bond donors (Lipinski definition) is 1. The molecule has 1 saturated heterocycles. The fraction of sp³-hybridized carbons (Fsp3) is 0.500.